The zero-order valence-electron chi connectivity index (χ0n) is 14.3. The van der Waals surface area contributed by atoms with E-state index in [9.17, 15) is 18.8 Å². The van der Waals surface area contributed by atoms with E-state index in [-0.39, 0.29) is 29.1 Å². The molecule has 0 spiro atoms. The molecule has 0 atom stereocenters. The van der Waals surface area contributed by atoms with Crippen LogP contribution in [0.4, 0.5) is 4.39 Å². The van der Waals surface area contributed by atoms with E-state index < -0.39 is 5.56 Å². The molecule has 1 aromatic carbocycles. The Hall–Kier alpha value is -2.76. The van der Waals surface area contributed by atoms with Crippen LogP contribution in [-0.2, 0) is 13.0 Å². The number of hydrogen-bond donors (Lipinski definition) is 1. The summed E-state index contributed by atoms with van der Waals surface area (Å²) < 4.78 is 13.1. The normalized spacial score (nSPS) is 16.3. The molecule has 5 nitrogen and oxygen atoms in total. The van der Waals surface area contributed by atoms with Gasteiger partial charge in [0.05, 0.1) is 0 Å². The Morgan fingerprint density at radius 1 is 1.15 bits per heavy atom. The highest BCUT2D eigenvalue weighted by atomic mass is 19.1. The number of Topliss-reactive ketones (excluding diaryl/α,β-unsaturated/α-hetero) is 1. The molecule has 2 aromatic rings. The molecule has 1 fully saturated rings. The lowest BCUT2D eigenvalue weighted by molar-refractivity contribution is 0.0728. The fourth-order valence-corrected chi connectivity index (χ4v) is 3.43. The smallest absolute Gasteiger partial charge is 0.261 e. The summed E-state index contributed by atoms with van der Waals surface area (Å²) in [4.78, 5) is 41.9. The molecular weight excluding hydrogens is 335 g/mol. The van der Waals surface area contributed by atoms with Gasteiger partial charge in [-0.3, -0.25) is 14.4 Å². The van der Waals surface area contributed by atoms with E-state index in [0.717, 1.165) is 18.4 Å². The molecule has 26 heavy (non-hydrogen) atoms. The predicted molar refractivity (Wildman–Crippen MR) is 93.6 cm³/mol. The number of aromatic amines is 1. The number of carbonyl (C=O) groups is 2. The summed E-state index contributed by atoms with van der Waals surface area (Å²) in [6.45, 7) is 0.314. The van der Waals surface area contributed by atoms with Gasteiger partial charge < -0.3 is 9.88 Å². The van der Waals surface area contributed by atoms with Crippen LogP contribution in [0.3, 0.4) is 0 Å². The molecule has 134 valence electrons. The van der Waals surface area contributed by atoms with Gasteiger partial charge in [0.25, 0.3) is 11.5 Å². The van der Waals surface area contributed by atoms with Crippen molar-refractivity contribution < 1.29 is 14.0 Å². The number of amides is 1. The van der Waals surface area contributed by atoms with Crippen LogP contribution in [0.2, 0.25) is 0 Å². The van der Waals surface area contributed by atoms with Crippen molar-refractivity contribution in [2.75, 3.05) is 0 Å². The van der Waals surface area contributed by atoms with E-state index >= 15 is 0 Å². The molecule has 0 unspecified atom stereocenters. The molecule has 1 saturated carbocycles. The van der Waals surface area contributed by atoms with E-state index in [1.54, 1.807) is 17.0 Å². The summed E-state index contributed by atoms with van der Waals surface area (Å²) in [6, 6.07) is 7.53. The third-order valence-corrected chi connectivity index (χ3v) is 5.00. The van der Waals surface area contributed by atoms with Gasteiger partial charge in [-0.2, -0.15) is 0 Å². The number of halogens is 1. The predicted octanol–water partition coefficient (Wildman–Crippen LogP) is 2.84. The minimum absolute atomic E-state index is 0.00742. The van der Waals surface area contributed by atoms with Crippen molar-refractivity contribution in [1.29, 1.82) is 0 Å². The number of ketones is 1. The summed E-state index contributed by atoms with van der Waals surface area (Å²) in [5, 5.41) is 0. The van der Waals surface area contributed by atoms with Gasteiger partial charge in [-0.05, 0) is 49.4 Å². The number of aromatic nitrogens is 1. The number of nitrogens with zero attached hydrogens (tertiary/aromatic N) is 1. The Morgan fingerprint density at radius 3 is 2.58 bits per heavy atom. The molecule has 0 bridgehead atoms. The van der Waals surface area contributed by atoms with E-state index in [0.29, 0.717) is 37.1 Å². The van der Waals surface area contributed by atoms with Crippen molar-refractivity contribution in [3.8, 4) is 0 Å². The first-order chi connectivity index (χ1) is 12.5. The number of benzene rings is 1. The fourth-order valence-electron chi connectivity index (χ4n) is 3.43. The SMILES string of the molecule is O=C1CCCc2[nH]c(=O)c(C(=O)N(Cc3ccc(F)cc3)C3CC3)cc21. The quantitative estimate of drug-likeness (QED) is 0.918. The Labute approximate surface area is 149 Å². The van der Waals surface area contributed by atoms with Crippen molar-refractivity contribution in [2.24, 2.45) is 0 Å². The van der Waals surface area contributed by atoms with Crippen LogP contribution >= 0.6 is 0 Å². The van der Waals surface area contributed by atoms with Gasteiger partial charge in [-0.15, -0.1) is 0 Å². The molecule has 2 aliphatic carbocycles. The van der Waals surface area contributed by atoms with Crippen LogP contribution in [0.5, 0.6) is 0 Å². The lowest BCUT2D eigenvalue weighted by atomic mass is 9.93. The largest absolute Gasteiger partial charge is 0.331 e. The van der Waals surface area contributed by atoms with Gasteiger partial charge in [0.2, 0.25) is 0 Å². The molecule has 1 heterocycles. The van der Waals surface area contributed by atoms with Crippen molar-refractivity contribution >= 4 is 11.7 Å². The average Bonchev–Trinajstić information content (AvgIpc) is 3.45. The molecule has 1 N–H and O–H groups in total. The van der Waals surface area contributed by atoms with Gasteiger partial charge in [0.1, 0.15) is 11.4 Å². The Balaban J connectivity index is 1.66. The maximum absolute atomic E-state index is 13.1. The Kier molecular flexibility index (Phi) is 4.18. The van der Waals surface area contributed by atoms with Crippen molar-refractivity contribution in [2.45, 2.75) is 44.7 Å². The lowest BCUT2D eigenvalue weighted by Crippen LogP contribution is -2.37. The fraction of sp³-hybridized carbons (Fsp3) is 0.350. The molecule has 1 aromatic heterocycles. The van der Waals surface area contributed by atoms with Gasteiger partial charge >= 0.3 is 0 Å². The molecule has 0 radical (unpaired) electrons. The number of aryl methyl sites for hydroxylation is 1. The number of nitrogens with one attached hydrogen (secondary N) is 1. The van der Waals surface area contributed by atoms with Gasteiger partial charge in [-0.25, -0.2) is 4.39 Å². The highest BCUT2D eigenvalue weighted by Crippen LogP contribution is 2.30. The molecule has 1 amide bonds. The molecule has 4 rings (SSSR count). The van der Waals surface area contributed by atoms with Crippen LogP contribution in [0, 0.1) is 5.82 Å². The van der Waals surface area contributed by atoms with E-state index in [4.69, 9.17) is 0 Å². The second-order valence-corrected chi connectivity index (χ2v) is 6.97. The van der Waals surface area contributed by atoms with E-state index in [1.807, 2.05) is 0 Å². The highest BCUT2D eigenvalue weighted by molar-refractivity contribution is 6.01. The first-order valence-corrected chi connectivity index (χ1v) is 8.88. The van der Waals surface area contributed by atoms with Gasteiger partial charge in [0.15, 0.2) is 5.78 Å². The van der Waals surface area contributed by atoms with Crippen LogP contribution in [0.25, 0.3) is 0 Å². The molecule has 0 saturated heterocycles. The zero-order chi connectivity index (χ0) is 18.3. The summed E-state index contributed by atoms with van der Waals surface area (Å²) in [5.74, 6) is -0.741. The summed E-state index contributed by atoms with van der Waals surface area (Å²) >= 11 is 0. The van der Waals surface area contributed by atoms with Gasteiger partial charge in [-0.1, -0.05) is 12.1 Å². The number of carbonyl (C=O) groups excluding carboxylic acids is 2. The molecule has 0 aliphatic heterocycles. The standard InChI is InChI=1S/C20H19FN2O3/c21-13-6-4-12(5-7-13)11-23(14-8-9-14)20(26)16-10-15-17(22-19(16)25)2-1-3-18(15)24/h4-7,10,14H,1-3,8-9,11H2,(H,22,25). The van der Waals surface area contributed by atoms with Crippen LogP contribution in [0.1, 0.15) is 57.7 Å². The van der Waals surface area contributed by atoms with Crippen LogP contribution < -0.4 is 5.56 Å². The first-order valence-electron chi connectivity index (χ1n) is 8.88. The Morgan fingerprint density at radius 2 is 1.88 bits per heavy atom. The number of pyridine rings is 1. The minimum Gasteiger partial charge on any atom is -0.331 e. The summed E-state index contributed by atoms with van der Waals surface area (Å²) in [7, 11) is 0. The number of H-pyrrole nitrogens is 1. The van der Waals surface area contributed by atoms with Crippen molar-refractivity contribution in [3.63, 3.8) is 0 Å². The van der Waals surface area contributed by atoms with Crippen LogP contribution in [0.15, 0.2) is 35.1 Å². The maximum Gasteiger partial charge on any atom is 0.261 e. The second-order valence-electron chi connectivity index (χ2n) is 6.97. The maximum atomic E-state index is 13.1. The van der Waals surface area contributed by atoms with Gasteiger partial charge in [0, 0.05) is 30.3 Å². The zero-order valence-corrected chi connectivity index (χ0v) is 14.3. The lowest BCUT2D eigenvalue weighted by Gasteiger charge is -2.23. The molecular formula is C20H19FN2O3. The van der Waals surface area contributed by atoms with Crippen LogP contribution in [-0.4, -0.2) is 27.6 Å². The van der Waals surface area contributed by atoms with Crippen molar-refractivity contribution in [3.05, 3.63) is 68.9 Å². The third-order valence-electron chi connectivity index (χ3n) is 5.00. The molecule has 6 heteroatoms. The minimum atomic E-state index is -0.451. The van der Waals surface area contributed by atoms with E-state index in [2.05, 4.69) is 4.98 Å². The van der Waals surface area contributed by atoms with E-state index in [1.165, 1.54) is 18.2 Å². The number of rotatable bonds is 4. The topological polar surface area (TPSA) is 70.2 Å². The first kappa shape index (κ1) is 16.7. The molecule has 2 aliphatic rings. The Bertz CT molecular complexity index is 929. The average molecular weight is 354 g/mol. The number of hydrogen-bond acceptors (Lipinski definition) is 3. The second kappa shape index (κ2) is 6.52. The monoisotopic (exact) mass is 354 g/mol. The number of fused-ring (bicyclic) bond motifs is 1. The summed E-state index contributed by atoms with van der Waals surface area (Å²) in [6.07, 6.45) is 3.57. The van der Waals surface area contributed by atoms with Crippen molar-refractivity contribution in [1.82, 2.24) is 9.88 Å². The third kappa shape index (κ3) is 3.19. The highest BCUT2D eigenvalue weighted by Gasteiger charge is 2.34. The summed E-state index contributed by atoms with van der Waals surface area (Å²) in [5.41, 5.74) is 1.44.